The van der Waals surface area contributed by atoms with Crippen LogP contribution in [0.5, 0.6) is 0 Å². The fraction of sp³-hybridized carbons (Fsp3) is 0.850. The summed E-state index contributed by atoms with van der Waals surface area (Å²) in [7, 11) is 0. The fourth-order valence-electron chi connectivity index (χ4n) is 11.2. The molecule has 2 saturated heterocycles. The Bertz CT molecular complexity index is 1360. The number of hydrogen-bond acceptors (Lipinski definition) is 12. The van der Waals surface area contributed by atoms with Crippen molar-refractivity contribution in [2.75, 3.05) is 13.2 Å². The lowest BCUT2D eigenvalue weighted by Gasteiger charge is -2.57. The van der Waals surface area contributed by atoms with Crippen molar-refractivity contribution in [2.45, 2.75) is 167 Å². The molecule has 6 aliphatic rings. The van der Waals surface area contributed by atoms with E-state index < -0.39 is 80.7 Å². The van der Waals surface area contributed by atoms with Crippen molar-refractivity contribution in [1.82, 2.24) is 0 Å². The number of hydrogen-bond donors (Lipinski definition) is 8. The molecule has 18 atom stereocenters. The van der Waals surface area contributed by atoms with E-state index in [1.807, 2.05) is 19.9 Å². The van der Waals surface area contributed by atoms with Gasteiger partial charge in [0.25, 0.3) is 0 Å². The van der Waals surface area contributed by atoms with E-state index in [2.05, 4.69) is 33.8 Å². The third kappa shape index (κ3) is 7.14. The molecule has 0 amide bonds. The van der Waals surface area contributed by atoms with Crippen molar-refractivity contribution < 1.29 is 59.8 Å². The Kier molecular flexibility index (Phi) is 12.2. The number of aliphatic hydroxyl groups excluding tert-OH is 8. The number of fused-ring (bicyclic) bond motifs is 4. The lowest BCUT2D eigenvalue weighted by Crippen LogP contribution is -2.65. The molecule has 12 nitrogen and oxygen atoms in total. The summed E-state index contributed by atoms with van der Waals surface area (Å²) >= 11 is 0. The molecular formula is C40H64O12. The van der Waals surface area contributed by atoms with Crippen LogP contribution in [0.1, 0.15) is 92.9 Å². The minimum absolute atomic E-state index is 0.0125. The zero-order chi connectivity index (χ0) is 37.9. The molecule has 4 aliphatic carbocycles. The lowest BCUT2D eigenvalue weighted by molar-refractivity contribution is -0.374. The molecule has 0 radical (unpaired) electrons. The van der Waals surface area contributed by atoms with Crippen molar-refractivity contribution in [2.24, 2.45) is 34.5 Å². The summed E-state index contributed by atoms with van der Waals surface area (Å²) in [6, 6.07) is 0. The molecule has 2 aliphatic heterocycles. The summed E-state index contributed by atoms with van der Waals surface area (Å²) in [5.41, 5.74) is 5.88. The monoisotopic (exact) mass is 736 g/mol. The van der Waals surface area contributed by atoms with Gasteiger partial charge in [0.05, 0.1) is 25.4 Å². The Morgan fingerprint density at radius 2 is 1.52 bits per heavy atom. The Hall–Kier alpha value is -1.26. The topological polar surface area (TPSA) is 199 Å². The van der Waals surface area contributed by atoms with Crippen molar-refractivity contribution >= 4 is 0 Å². The van der Waals surface area contributed by atoms with Crippen LogP contribution in [0.25, 0.3) is 0 Å². The number of rotatable bonds is 10. The van der Waals surface area contributed by atoms with Gasteiger partial charge in [0, 0.05) is 0 Å². The van der Waals surface area contributed by atoms with Crippen LogP contribution in [-0.2, 0) is 18.9 Å². The van der Waals surface area contributed by atoms with Crippen LogP contribution in [0.15, 0.2) is 34.4 Å². The highest BCUT2D eigenvalue weighted by molar-refractivity contribution is 5.49. The third-order valence-corrected chi connectivity index (χ3v) is 14.1. The van der Waals surface area contributed by atoms with Gasteiger partial charge in [0.1, 0.15) is 48.8 Å². The molecule has 0 aromatic rings. The van der Waals surface area contributed by atoms with E-state index in [4.69, 9.17) is 18.9 Å². The SMILES string of the molecule is CC(C)=CC(O)CC(C)C1CC=C2C3=C(CCC21C)C1(C)CCC(OC2OC(CO)C(O)C(O)C2OC2OC(CO)C(O)C(O)C2O)C(C)C1CC3. The first-order valence-corrected chi connectivity index (χ1v) is 19.6. The Balaban J connectivity index is 1.18. The molecule has 1 saturated carbocycles. The molecule has 0 aromatic carbocycles. The first kappa shape index (κ1) is 40.4. The van der Waals surface area contributed by atoms with Gasteiger partial charge in [-0.25, -0.2) is 0 Å². The van der Waals surface area contributed by atoms with Gasteiger partial charge in [-0.05, 0) is 111 Å². The summed E-state index contributed by atoms with van der Waals surface area (Å²) in [6.07, 6.45) is -3.45. The van der Waals surface area contributed by atoms with Crippen LogP contribution in [0.3, 0.4) is 0 Å². The second kappa shape index (κ2) is 15.7. The van der Waals surface area contributed by atoms with Gasteiger partial charge in [-0.15, -0.1) is 0 Å². The maximum Gasteiger partial charge on any atom is 0.187 e. The summed E-state index contributed by atoms with van der Waals surface area (Å²) in [5, 5.41) is 83.5. The number of ether oxygens (including phenoxy) is 4. The average Bonchev–Trinajstić information content (AvgIpc) is 3.46. The Morgan fingerprint density at radius 3 is 2.17 bits per heavy atom. The summed E-state index contributed by atoms with van der Waals surface area (Å²) in [5.74, 6) is 1.31. The molecule has 0 bridgehead atoms. The van der Waals surface area contributed by atoms with E-state index in [0.29, 0.717) is 24.2 Å². The minimum atomic E-state index is -1.72. The van der Waals surface area contributed by atoms with Crippen molar-refractivity contribution in [3.8, 4) is 0 Å². The van der Waals surface area contributed by atoms with E-state index in [0.717, 1.165) is 50.5 Å². The molecule has 3 fully saturated rings. The standard InChI is InChI=1S/C40H64O12/c1-19(2)15-22(43)16-20(3)24-9-10-26-23-7-8-25-21(4)28(12-14-40(25,6)27(23)11-13-39(24,26)5)49-38-36(34(47)32(45)30(18-42)51-38)52-37-35(48)33(46)31(44)29(17-41)50-37/h10,15,20-22,24-25,28-38,41-48H,7-9,11-14,16-18H2,1-6H3. The smallest absolute Gasteiger partial charge is 0.187 e. The van der Waals surface area contributed by atoms with Crippen LogP contribution in [0.4, 0.5) is 0 Å². The molecule has 0 aromatic heterocycles. The normalized spacial score (nSPS) is 47.5. The van der Waals surface area contributed by atoms with Crippen molar-refractivity contribution in [3.63, 3.8) is 0 Å². The molecule has 296 valence electrons. The first-order chi connectivity index (χ1) is 24.5. The second-order valence-electron chi connectivity index (χ2n) is 17.5. The molecule has 6 rings (SSSR count). The van der Waals surface area contributed by atoms with Crippen LogP contribution >= 0.6 is 0 Å². The minimum Gasteiger partial charge on any atom is -0.394 e. The van der Waals surface area contributed by atoms with E-state index in [-0.39, 0.29) is 22.9 Å². The Morgan fingerprint density at radius 1 is 0.865 bits per heavy atom. The van der Waals surface area contributed by atoms with Crippen molar-refractivity contribution in [1.29, 1.82) is 0 Å². The highest BCUT2D eigenvalue weighted by atomic mass is 16.8. The predicted octanol–water partition coefficient (Wildman–Crippen LogP) is 2.24. The highest BCUT2D eigenvalue weighted by Crippen LogP contribution is 2.65. The fourth-order valence-corrected chi connectivity index (χ4v) is 11.2. The maximum absolute atomic E-state index is 11.2. The van der Waals surface area contributed by atoms with Gasteiger partial charge in [-0.2, -0.15) is 0 Å². The predicted molar refractivity (Wildman–Crippen MR) is 190 cm³/mol. The molecule has 52 heavy (non-hydrogen) atoms. The van der Waals surface area contributed by atoms with Gasteiger partial charge >= 0.3 is 0 Å². The van der Waals surface area contributed by atoms with Crippen LogP contribution < -0.4 is 0 Å². The zero-order valence-electron chi connectivity index (χ0n) is 31.7. The van der Waals surface area contributed by atoms with Crippen LogP contribution in [-0.4, -0.2) is 128 Å². The van der Waals surface area contributed by atoms with E-state index in [1.54, 1.807) is 11.1 Å². The average molecular weight is 737 g/mol. The molecule has 8 N–H and O–H groups in total. The summed E-state index contributed by atoms with van der Waals surface area (Å²) < 4.78 is 24.1. The maximum atomic E-state index is 11.2. The van der Waals surface area contributed by atoms with E-state index in [9.17, 15) is 40.9 Å². The Labute approximate surface area is 308 Å². The van der Waals surface area contributed by atoms with Gasteiger partial charge in [0.2, 0.25) is 0 Å². The quantitative estimate of drug-likeness (QED) is 0.153. The molecule has 12 heteroatoms. The van der Waals surface area contributed by atoms with Gasteiger partial charge < -0.3 is 59.8 Å². The zero-order valence-corrected chi connectivity index (χ0v) is 31.7. The second-order valence-corrected chi connectivity index (χ2v) is 17.5. The number of allylic oxidation sites excluding steroid dienone is 5. The third-order valence-electron chi connectivity index (χ3n) is 14.1. The van der Waals surface area contributed by atoms with E-state index >= 15 is 0 Å². The molecule has 0 spiro atoms. The van der Waals surface area contributed by atoms with Gasteiger partial charge in [0.15, 0.2) is 12.6 Å². The van der Waals surface area contributed by atoms with Crippen molar-refractivity contribution in [3.05, 3.63) is 34.4 Å². The summed E-state index contributed by atoms with van der Waals surface area (Å²) in [6.45, 7) is 12.2. The molecule has 18 unspecified atom stereocenters. The highest BCUT2D eigenvalue weighted by Gasteiger charge is 2.57. The molecule has 2 heterocycles. The van der Waals surface area contributed by atoms with Crippen LogP contribution in [0, 0.1) is 34.5 Å². The number of aliphatic hydroxyl groups is 8. The first-order valence-electron chi connectivity index (χ1n) is 19.6. The lowest BCUT2D eigenvalue weighted by atomic mass is 9.49. The van der Waals surface area contributed by atoms with Gasteiger partial charge in [-0.3, -0.25) is 0 Å². The largest absolute Gasteiger partial charge is 0.394 e. The van der Waals surface area contributed by atoms with Crippen LogP contribution in [0.2, 0.25) is 0 Å². The molecular weight excluding hydrogens is 672 g/mol. The summed E-state index contributed by atoms with van der Waals surface area (Å²) in [4.78, 5) is 0. The van der Waals surface area contributed by atoms with Gasteiger partial charge in [-0.1, -0.05) is 51.0 Å². The van der Waals surface area contributed by atoms with E-state index in [1.165, 1.54) is 5.57 Å².